The summed E-state index contributed by atoms with van der Waals surface area (Å²) in [4.78, 5) is 19.8. The molecule has 26 heavy (non-hydrogen) atoms. The fourth-order valence-electron chi connectivity index (χ4n) is 3.39. The highest BCUT2D eigenvalue weighted by atomic mass is 35.5. The molecule has 2 rings (SSSR count). The Kier molecular flexibility index (Phi) is 5.31. The van der Waals surface area contributed by atoms with Gasteiger partial charge in [0.15, 0.2) is 28.4 Å². The zero-order chi connectivity index (χ0) is 19.9. The number of anilines is 2. The summed E-state index contributed by atoms with van der Waals surface area (Å²) in [5, 5.41) is 26.6. The highest BCUT2D eigenvalue weighted by molar-refractivity contribution is 6.31. The summed E-state index contributed by atoms with van der Waals surface area (Å²) in [6.45, 7) is 7.41. The molecule has 1 aromatic rings. The normalized spacial score (nSPS) is 19.8. The molecule has 0 unspecified atom stereocenters. The van der Waals surface area contributed by atoms with Crippen LogP contribution in [0, 0.1) is 5.41 Å². The van der Waals surface area contributed by atoms with Gasteiger partial charge in [0.2, 0.25) is 0 Å². The highest BCUT2D eigenvalue weighted by Crippen LogP contribution is 2.36. The van der Waals surface area contributed by atoms with Crippen LogP contribution in [0.25, 0.3) is 0 Å². The third kappa shape index (κ3) is 4.14. The number of nitrogens with two attached hydrogens (primary N) is 2. The van der Waals surface area contributed by atoms with E-state index in [2.05, 4.69) is 20.6 Å². The summed E-state index contributed by atoms with van der Waals surface area (Å²) in [7, 11) is 0. The summed E-state index contributed by atoms with van der Waals surface area (Å²) >= 11 is 5.76. The second-order valence-electron chi connectivity index (χ2n) is 7.63. The van der Waals surface area contributed by atoms with E-state index < -0.39 is 17.0 Å². The SMILES string of the molecule is CC1(C)CC(NC(=N)NC(=O)c2nc(Cl)c(N)nc2N)CC(C)(C)N1[O]. The number of halogens is 1. The third-order valence-corrected chi connectivity index (χ3v) is 4.58. The maximum atomic E-state index is 12.4. The van der Waals surface area contributed by atoms with Crippen molar-refractivity contribution in [2.24, 2.45) is 0 Å². The molecule has 10 nitrogen and oxygen atoms in total. The Morgan fingerprint density at radius 2 is 1.73 bits per heavy atom. The molecule has 1 fully saturated rings. The van der Waals surface area contributed by atoms with Gasteiger partial charge in [-0.25, -0.2) is 9.97 Å². The van der Waals surface area contributed by atoms with E-state index in [-0.39, 0.29) is 34.5 Å². The largest absolute Gasteiger partial charge is 0.382 e. The topological polar surface area (TPSA) is 166 Å². The first-order chi connectivity index (χ1) is 11.8. The molecule has 1 aromatic heterocycles. The van der Waals surface area contributed by atoms with Gasteiger partial charge in [-0.05, 0) is 40.5 Å². The number of hydroxylamine groups is 2. The summed E-state index contributed by atoms with van der Waals surface area (Å²) in [5.74, 6) is -1.21. The van der Waals surface area contributed by atoms with Gasteiger partial charge in [-0.2, -0.15) is 0 Å². The van der Waals surface area contributed by atoms with E-state index in [0.29, 0.717) is 12.8 Å². The number of carbonyl (C=O) groups excluding carboxylic acids is 1. The minimum Gasteiger partial charge on any atom is -0.382 e. The molecule has 1 radical (unpaired) electrons. The standard InChI is InChI=1S/C15H24ClN8O2/c1-14(2)5-7(6-15(3,4)24(14)26)20-13(19)23-12(25)8-10(17)22-11(18)9(16)21-8/h7H,5-6H2,1-4H3,(H4,17,18,22)(H3,19,20,23,25). The number of carbonyl (C=O) groups is 1. The number of nitrogens with zero attached hydrogens (tertiary/aromatic N) is 3. The van der Waals surface area contributed by atoms with Gasteiger partial charge in [-0.1, -0.05) is 11.6 Å². The Bertz CT molecular complexity index is 719. The van der Waals surface area contributed by atoms with Crippen molar-refractivity contribution in [3.05, 3.63) is 10.8 Å². The number of hydrogen-bond acceptors (Lipinski definition) is 7. The molecule has 2 heterocycles. The van der Waals surface area contributed by atoms with Gasteiger partial charge in [0.05, 0.1) is 0 Å². The van der Waals surface area contributed by atoms with Crippen LogP contribution in [0.5, 0.6) is 0 Å². The van der Waals surface area contributed by atoms with Gasteiger partial charge in [-0.3, -0.25) is 15.5 Å². The molecule has 1 saturated heterocycles. The summed E-state index contributed by atoms with van der Waals surface area (Å²) < 4.78 is 0. The molecule has 0 spiro atoms. The Hall–Kier alpha value is -2.17. The van der Waals surface area contributed by atoms with Crippen LogP contribution in [0.4, 0.5) is 11.6 Å². The number of nitrogen functional groups attached to an aromatic ring is 2. The number of aromatic nitrogens is 2. The van der Waals surface area contributed by atoms with Crippen molar-refractivity contribution >= 4 is 35.1 Å². The molecule has 0 bridgehead atoms. The molecule has 0 aromatic carbocycles. The van der Waals surface area contributed by atoms with E-state index in [1.54, 1.807) is 0 Å². The molecule has 1 amide bonds. The van der Waals surface area contributed by atoms with E-state index in [9.17, 15) is 10.0 Å². The van der Waals surface area contributed by atoms with Crippen molar-refractivity contribution in [1.29, 1.82) is 5.41 Å². The molecule has 0 atom stereocenters. The summed E-state index contributed by atoms with van der Waals surface area (Å²) in [6, 6.07) is -0.156. The molecule has 143 valence electrons. The monoisotopic (exact) mass is 383 g/mol. The van der Waals surface area contributed by atoms with Crippen molar-refractivity contribution < 1.29 is 10.0 Å². The zero-order valence-electron chi connectivity index (χ0n) is 15.2. The van der Waals surface area contributed by atoms with Gasteiger partial charge >= 0.3 is 0 Å². The van der Waals surface area contributed by atoms with Gasteiger partial charge in [-0.15, -0.1) is 10.3 Å². The van der Waals surface area contributed by atoms with Gasteiger partial charge in [0, 0.05) is 17.1 Å². The first-order valence-corrected chi connectivity index (χ1v) is 8.43. The number of rotatable bonds is 2. The number of nitrogens with one attached hydrogen (secondary N) is 3. The lowest BCUT2D eigenvalue weighted by molar-refractivity contribution is -0.289. The minimum absolute atomic E-state index is 0.0808. The first kappa shape index (κ1) is 20.1. The Labute approximate surface area is 156 Å². The van der Waals surface area contributed by atoms with Crippen LogP contribution in [-0.4, -0.2) is 44.0 Å². The maximum absolute atomic E-state index is 12.4. The van der Waals surface area contributed by atoms with E-state index in [1.165, 1.54) is 0 Å². The van der Waals surface area contributed by atoms with E-state index >= 15 is 0 Å². The van der Waals surface area contributed by atoms with E-state index in [0.717, 1.165) is 5.06 Å². The Morgan fingerprint density at radius 1 is 1.19 bits per heavy atom. The van der Waals surface area contributed by atoms with Crippen LogP contribution in [0.2, 0.25) is 5.15 Å². The van der Waals surface area contributed by atoms with Crippen molar-refractivity contribution in [2.45, 2.75) is 57.7 Å². The van der Waals surface area contributed by atoms with Crippen LogP contribution < -0.4 is 22.1 Å². The predicted molar refractivity (Wildman–Crippen MR) is 97.9 cm³/mol. The van der Waals surface area contributed by atoms with Crippen molar-refractivity contribution in [2.75, 3.05) is 11.5 Å². The summed E-state index contributed by atoms with van der Waals surface area (Å²) in [5.41, 5.74) is 9.71. The fraction of sp³-hybridized carbons (Fsp3) is 0.600. The highest BCUT2D eigenvalue weighted by Gasteiger charge is 2.46. The molecule has 0 aliphatic carbocycles. The van der Waals surface area contributed by atoms with Crippen LogP contribution in [0.15, 0.2) is 0 Å². The number of guanidine groups is 1. The van der Waals surface area contributed by atoms with Gasteiger partial charge < -0.3 is 16.8 Å². The fourth-order valence-corrected chi connectivity index (χ4v) is 3.51. The van der Waals surface area contributed by atoms with E-state index in [4.69, 9.17) is 28.5 Å². The second kappa shape index (κ2) is 6.86. The molecule has 11 heteroatoms. The van der Waals surface area contributed by atoms with Crippen molar-refractivity contribution in [3.63, 3.8) is 0 Å². The lowest BCUT2D eigenvalue weighted by Gasteiger charge is -2.50. The first-order valence-electron chi connectivity index (χ1n) is 8.06. The Balaban J connectivity index is 2.05. The molecular weight excluding hydrogens is 360 g/mol. The number of hydrogen-bond donors (Lipinski definition) is 5. The smallest absolute Gasteiger partial charge is 0.280 e. The average Bonchev–Trinajstić information content (AvgIpc) is 2.47. The van der Waals surface area contributed by atoms with E-state index in [1.807, 2.05) is 27.7 Å². The second-order valence-corrected chi connectivity index (χ2v) is 7.99. The number of piperidine rings is 1. The zero-order valence-corrected chi connectivity index (χ0v) is 15.9. The predicted octanol–water partition coefficient (Wildman–Crippen LogP) is 0.916. The molecule has 1 aliphatic rings. The quantitative estimate of drug-likeness (QED) is 0.373. The number of amides is 1. The van der Waals surface area contributed by atoms with Gasteiger partial charge in [0.1, 0.15) is 0 Å². The minimum atomic E-state index is -0.728. The third-order valence-electron chi connectivity index (χ3n) is 4.30. The molecular formula is C15H24ClN8O2. The molecule has 0 saturated carbocycles. The van der Waals surface area contributed by atoms with Crippen LogP contribution >= 0.6 is 11.6 Å². The Morgan fingerprint density at radius 3 is 2.27 bits per heavy atom. The molecule has 1 aliphatic heterocycles. The van der Waals surface area contributed by atoms with Crippen molar-refractivity contribution in [3.8, 4) is 0 Å². The van der Waals surface area contributed by atoms with Crippen LogP contribution in [-0.2, 0) is 5.21 Å². The van der Waals surface area contributed by atoms with Gasteiger partial charge in [0.25, 0.3) is 5.91 Å². The van der Waals surface area contributed by atoms with Crippen LogP contribution in [0.3, 0.4) is 0 Å². The average molecular weight is 384 g/mol. The lowest BCUT2D eigenvalue weighted by atomic mass is 9.79. The van der Waals surface area contributed by atoms with Crippen molar-refractivity contribution in [1.82, 2.24) is 25.7 Å². The molecule has 7 N–H and O–H groups in total. The maximum Gasteiger partial charge on any atom is 0.280 e. The van der Waals surface area contributed by atoms with Crippen LogP contribution in [0.1, 0.15) is 51.0 Å². The lowest BCUT2D eigenvalue weighted by Crippen LogP contribution is -2.63. The summed E-state index contributed by atoms with van der Waals surface area (Å²) in [6.07, 6.45) is 1.04.